The molecule has 1 aromatic carbocycles. The summed E-state index contributed by atoms with van der Waals surface area (Å²) in [6, 6.07) is 6.94. The first-order valence-electron chi connectivity index (χ1n) is 6.50. The van der Waals surface area contributed by atoms with Gasteiger partial charge < -0.3 is 15.2 Å². The molecule has 4 nitrogen and oxygen atoms in total. The number of carbonyl (C=O) groups excluding carboxylic acids is 1. The molecule has 102 valence electrons. The van der Waals surface area contributed by atoms with E-state index in [0.29, 0.717) is 11.3 Å². The average Bonchev–Trinajstić information content (AvgIpc) is 2.47. The second-order valence-electron chi connectivity index (χ2n) is 4.65. The fourth-order valence-electron chi connectivity index (χ4n) is 2.16. The van der Waals surface area contributed by atoms with Crippen molar-refractivity contribution in [2.45, 2.75) is 31.4 Å². The third-order valence-electron chi connectivity index (χ3n) is 3.24. The third-order valence-corrected chi connectivity index (χ3v) is 3.24. The maximum atomic E-state index is 12.0. The van der Waals surface area contributed by atoms with Crippen LogP contribution in [0.15, 0.2) is 36.4 Å². The largest absolute Gasteiger partial charge is 0.497 e. The number of carbonyl (C=O) groups is 1. The van der Waals surface area contributed by atoms with Crippen molar-refractivity contribution in [3.8, 4) is 5.75 Å². The van der Waals surface area contributed by atoms with Gasteiger partial charge in [-0.2, -0.15) is 0 Å². The molecular weight excluding hydrogens is 242 g/mol. The van der Waals surface area contributed by atoms with Crippen molar-refractivity contribution in [3.63, 3.8) is 0 Å². The number of hydrogen-bond donors (Lipinski definition) is 2. The van der Waals surface area contributed by atoms with Gasteiger partial charge in [0.15, 0.2) is 6.10 Å². The molecule has 0 bridgehead atoms. The molecular formula is C15H19NO3. The molecule has 1 aliphatic carbocycles. The number of hydrogen-bond acceptors (Lipinski definition) is 3. The van der Waals surface area contributed by atoms with Gasteiger partial charge in [-0.05, 0) is 37.0 Å². The Morgan fingerprint density at radius 2 is 2.37 bits per heavy atom. The molecule has 2 unspecified atom stereocenters. The molecule has 0 aromatic heterocycles. The van der Waals surface area contributed by atoms with Crippen molar-refractivity contribution >= 4 is 5.91 Å². The Labute approximate surface area is 113 Å². The fourth-order valence-corrected chi connectivity index (χ4v) is 2.16. The lowest BCUT2D eigenvalue weighted by molar-refractivity contribution is -0.130. The number of aliphatic hydroxyl groups excluding tert-OH is 1. The lowest BCUT2D eigenvalue weighted by atomic mass is 10.0. The zero-order valence-corrected chi connectivity index (χ0v) is 11.0. The molecule has 0 radical (unpaired) electrons. The van der Waals surface area contributed by atoms with E-state index < -0.39 is 6.10 Å². The van der Waals surface area contributed by atoms with Crippen molar-refractivity contribution < 1.29 is 14.6 Å². The van der Waals surface area contributed by atoms with Crippen LogP contribution in [0, 0.1) is 0 Å². The van der Waals surface area contributed by atoms with Crippen molar-refractivity contribution in [1.29, 1.82) is 0 Å². The second kappa shape index (κ2) is 6.38. The van der Waals surface area contributed by atoms with Crippen LogP contribution < -0.4 is 10.1 Å². The summed E-state index contributed by atoms with van der Waals surface area (Å²) < 4.78 is 5.08. The number of allylic oxidation sites excluding steroid dienone is 1. The van der Waals surface area contributed by atoms with E-state index in [9.17, 15) is 9.90 Å². The lowest BCUT2D eigenvalue weighted by Gasteiger charge is -2.20. The second-order valence-corrected chi connectivity index (χ2v) is 4.65. The minimum absolute atomic E-state index is 0.0292. The van der Waals surface area contributed by atoms with Crippen LogP contribution in [0.2, 0.25) is 0 Å². The Morgan fingerprint density at radius 3 is 3.05 bits per heavy atom. The van der Waals surface area contributed by atoms with Gasteiger partial charge in [-0.1, -0.05) is 24.3 Å². The quantitative estimate of drug-likeness (QED) is 0.814. The molecule has 4 heteroatoms. The van der Waals surface area contributed by atoms with Crippen LogP contribution in [-0.2, 0) is 4.79 Å². The van der Waals surface area contributed by atoms with Gasteiger partial charge in [-0.25, -0.2) is 0 Å². The number of ether oxygens (including phenoxy) is 1. The standard InChI is InChI=1S/C15H19NO3/c1-19-13-9-5-6-11(10-13)14(17)15(18)16-12-7-3-2-4-8-12/h3,5-7,9-10,12,14,17H,2,4,8H2,1H3,(H,16,18). The number of rotatable bonds is 4. The fraction of sp³-hybridized carbons (Fsp3) is 0.400. The molecule has 0 saturated carbocycles. The number of nitrogens with one attached hydrogen (secondary N) is 1. The van der Waals surface area contributed by atoms with Crippen molar-refractivity contribution in [2.24, 2.45) is 0 Å². The van der Waals surface area contributed by atoms with E-state index in [0.717, 1.165) is 19.3 Å². The molecule has 1 aromatic rings. The third kappa shape index (κ3) is 3.58. The van der Waals surface area contributed by atoms with E-state index >= 15 is 0 Å². The summed E-state index contributed by atoms with van der Waals surface area (Å²) in [6.45, 7) is 0. The lowest BCUT2D eigenvalue weighted by Crippen LogP contribution is -2.37. The van der Waals surface area contributed by atoms with Gasteiger partial charge in [-0.3, -0.25) is 4.79 Å². The zero-order chi connectivity index (χ0) is 13.7. The summed E-state index contributed by atoms with van der Waals surface area (Å²) in [6.07, 6.45) is 5.94. The summed E-state index contributed by atoms with van der Waals surface area (Å²) in [4.78, 5) is 12.0. The number of benzene rings is 1. The highest BCUT2D eigenvalue weighted by atomic mass is 16.5. The van der Waals surface area contributed by atoms with Crippen LogP contribution in [-0.4, -0.2) is 24.2 Å². The Bertz CT molecular complexity index is 470. The molecule has 0 spiro atoms. The van der Waals surface area contributed by atoms with Gasteiger partial charge in [-0.15, -0.1) is 0 Å². The highest BCUT2D eigenvalue weighted by molar-refractivity contribution is 5.82. The summed E-state index contributed by atoms with van der Waals surface area (Å²) in [7, 11) is 1.55. The van der Waals surface area contributed by atoms with Gasteiger partial charge in [0, 0.05) is 6.04 Å². The first-order valence-corrected chi connectivity index (χ1v) is 6.50. The first kappa shape index (κ1) is 13.6. The molecule has 19 heavy (non-hydrogen) atoms. The molecule has 0 heterocycles. The Morgan fingerprint density at radius 1 is 1.53 bits per heavy atom. The van der Waals surface area contributed by atoms with Gasteiger partial charge in [0.25, 0.3) is 5.91 Å². The SMILES string of the molecule is COc1cccc(C(O)C(=O)NC2C=CCCC2)c1. The van der Waals surface area contributed by atoms with Gasteiger partial charge in [0.2, 0.25) is 0 Å². The van der Waals surface area contributed by atoms with E-state index in [1.165, 1.54) is 0 Å². The van der Waals surface area contributed by atoms with Crippen molar-refractivity contribution in [2.75, 3.05) is 7.11 Å². The molecule has 1 amide bonds. The normalized spacial score (nSPS) is 19.8. The van der Waals surface area contributed by atoms with Crippen LogP contribution in [0.1, 0.15) is 30.9 Å². The Balaban J connectivity index is 2.01. The highest BCUT2D eigenvalue weighted by Crippen LogP contribution is 2.20. The zero-order valence-electron chi connectivity index (χ0n) is 11.0. The highest BCUT2D eigenvalue weighted by Gasteiger charge is 2.20. The Hall–Kier alpha value is -1.81. The minimum Gasteiger partial charge on any atom is -0.497 e. The van der Waals surface area contributed by atoms with Gasteiger partial charge in [0.1, 0.15) is 5.75 Å². The van der Waals surface area contributed by atoms with E-state index in [4.69, 9.17) is 4.74 Å². The summed E-state index contributed by atoms with van der Waals surface area (Å²) in [5.41, 5.74) is 0.539. The van der Waals surface area contributed by atoms with E-state index in [1.807, 2.05) is 6.08 Å². The van der Waals surface area contributed by atoms with Crippen LogP contribution in [0.25, 0.3) is 0 Å². The number of amides is 1. The smallest absolute Gasteiger partial charge is 0.253 e. The van der Waals surface area contributed by atoms with E-state index in [-0.39, 0.29) is 11.9 Å². The maximum Gasteiger partial charge on any atom is 0.253 e. The first-order chi connectivity index (χ1) is 9.20. The predicted molar refractivity (Wildman–Crippen MR) is 72.9 cm³/mol. The van der Waals surface area contributed by atoms with Gasteiger partial charge >= 0.3 is 0 Å². The minimum atomic E-state index is -1.16. The Kier molecular flexibility index (Phi) is 4.58. The predicted octanol–water partition coefficient (Wildman–Crippen LogP) is 1.95. The van der Waals surface area contributed by atoms with Crippen LogP contribution in [0.3, 0.4) is 0 Å². The summed E-state index contributed by atoms with van der Waals surface area (Å²) >= 11 is 0. The molecule has 2 atom stereocenters. The van der Waals surface area contributed by atoms with Crippen LogP contribution in [0.5, 0.6) is 5.75 Å². The van der Waals surface area contributed by atoms with E-state index in [1.54, 1.807) is 31.4 Å². The summed E-state index contributed by atoms with van der Waals surface area (Å²) in [5.74, 6) is 0.256. The molecule has 1 aliphatic rings. The molecule has 0 fully saturated rings. The van der Waals surface area contributed by atoms with Crippen molar-refractivity contribution in [1.82, 2.24) is 5.32 Å². The van der Waals surface area contributed by atoms with E-state index in [2.05, 4.69) is 11.4 Å². The molecule has 2 N–H and O–H groups in total. The van der Waals surface area contributed by atoms with Crippen molar-refractivity contribution in [3.05, 3.63) is 42.0 Å². The molecule has 0 aliphatic heterocycles. The monoisotopic (exact) mass is 261 g/mol. The van der Waals surface area contributed by atoms with Gasteiger partial charge in [0.05, 0.1) is 7.11 Å². The number of methoxy groups -OCH3 is 1. The average molecular weight is 261 g/mol. The molecule has 2 rings (SSSR count). The summed E-state index contributed by atoms with van der Waals surface area (Å²) in [5, 5.41) is 12.9. The van der Waals surface area contributed by atoms with Crippen LogP contribution >= 0.6 is 0 Å². The number of aliphatic hydroxyl groups is 1. The topological polar surface area (TPSA) is 58.6 Å². The molecule has 0 saturated heterocycles. The van der Waals surface area contributed by atoms with Crippen LogP contribution in [0.4, 0.5) is 0 Å². The maximum absolute atomic E-state index is 12.0.